The summed E-state index contributed by atoms with van der Waals surface area (Å²) in [4.78, 5) is 19.5. The van der Waals surface area contributed by atoms with Crippen LogP contribution >= 0.6 is 0 Å². The number of hydrogen-bond acceptors (Lipinski definition) is 6. The van der Waals surface area contributed by atoms with Gasteiger partial charge in [-0.2, -0.15) is 4.98 Å². The maximum atomic E-state index is 12.0. The Morgan fingerprint density at radius 2 is 2.08 bits per heavy atom. The second kappa shape index (κ2) is 7.28. The van der Waals surface area contributed by atoms with Crippen molar-refractivity contribution in [1.82, 2.24) is 20.4 Å². The first kappa shape index (κ1) is 17.4. The number of benzene rings is 1. The van der Waals surface area contributed by atoms with Crippen LogP contribution in [0.25, 0.3) is 0 Å². The van der Waals surface area contributed by atoms with Crippen LogP contribution in [-0.4, -0.2) is 44.0 Å². The summed E-state index contributed by atoms with van der Waals surface area (Å²) in [6.07, 6.45) is 5.71. The highest BCUT2D eigenvalue weighted by atomic mass is 32.2. The Labute approximate surface area is 154 Å². The van der Waals surface area contributed by atoms with Crippen LogP contribution in [-0.2, 0) is 17.3 Å². The van der Waals surface area contributed by atoms with Gasteiger partial charge < -0.3 is 9.84 Å². The summed E-state index contributed by atoms with van der Waals surface area (Å²) < 4.78 is 16.9. The molecule has 1 saturated heterocycles. The van der Waals surface area contributed by atoms with E-state index in [0.29, 0.717) is 5.89 Å². The standard InChI is InChI=1S/C18H22N4O3S/c1-26(24)14-8-4-12(5-9-14)11-22-10-2-3-15(22)18-20-16(21-25-18)17(23)19-13-6-7-13/h4-5,8-9,13,15H,2-3,6-7,10-11H2,1H3,(H,19,23)/t15-,26+/m1/s1. The molecule has 8 heteroatoms. The first-order valence-electron chi connectivity index (χ1n) is 8.91. The van der Waals surface area contributed by atoms with E-state index < -0.39 is 10.8 Å². The van der Waals surface area contributed by atoms with Gasteiger partial charge in [0.1, 0.15) is 0 Å². The van der Waals surface area contributed by atoms with Crippen molar-refractivity contribution < 1.29 is 13.5 Å². The van der Waals surface area contributed by atoms with Gasteiger partial charge >= 0.3 is 0 Å². The van der Waals surface area contributed by atoms with Gasteiger partial charge in [0.05, 0.1) is 6.04 Å². The van der Waals surface area contributed by atoms with E-state index in [4.69, 9.17) is 4.52 Å². The molecule has 2 heterocycles. The minimum atomic E-state index is -0.964. The van der Waals surface area contributed by atoms with Gasteiger partial charge in [-0.05, 0) is 49.9 Å². The van der Waals surface area contributed by atoms with Gasteiger partial charge in [-0.15, -0.1) is 0 Å². The van der Waals surface area contributed by atoms with Crippen molar-refractivity contribution >= 4 is 16.7 Å². The van der Waals surface area contributed by atoms with E-state index in [0.717, 1.165) is 49.2 Å². The first-order chi connectivity index (χ1) is 12.6. The number of nitrogens with zero attached hydrogens (tertiary/aromatic N) is 3. The van der Waals surface area contributed by atoms with Gasteiger partial charge in [-0.3, -0.25) is 13.9 Å². The van der Waals surface area contributed by atoms with Crippen molar-refractivity contribution in [3.8, 4) is 0 Å². The maximum absolute atomic E-state index is 12.0. The van der Waals surface area contributed by atoms with Crippen molar-refractivity contribution in [2.24, 2.45) is 0 Å². The van der Waals surface area contributed by atoms with Gasteiger partial charge in [-0.25, -0.2) is 0 Å². The molecule has 0 radical (unpaired) electrons. The summed E-state index contributed by atoms with van der Waals surface area (Å²) in [5, 5.41) is 6.73. The molecule has 1 aliphatic carbocycles. The van der Waals surface area contributed by atoms with Gasteiger partial charge in [0.25, 0.3) is 11.7 Å². The van der Waals surface area contributed by atoms with Gasteiger partial charge in [-0.1, -0.05) is 17.3 Å². The fourth-order valence-corrected chi connectivity index (χ4v) is 3.78. The summed E-state index contributed by atoms with van der Waals surface area (Å²) in [6, 6.07) is 8.13. The Morgan fingerprint density at radius 1 is 1.31 bits per heavy atom. The predicted octanol–water partition coefficient (Wildman–Crippen LogP) is 2.04. The molecule has 1 aliphatic heterocycles. The van der Waals surface area contributed by atoms with E-state index in [9.17, 15) is 9.00 Å². The molecule has 2 aliphatic rings. The monoisotopic (exact) mass is 374 g/mol. The Morgan fingerprint density at radius 3 is 2.77 bits per heavy atom. The molecule has 0 bridgehead atoms. The van der Waals surface area contributed by atoms with E-state index in [2.05, 4.69) is 20.4 Å². The maximum Gasteiger partial charge on any atom is 0.292 e. The molecular weight excluding hydrogens is 352 g/mol. The summed E-state index contributed by atoms with van der Waals surface area (Å²) in [7, 11) is -0.964. The number of hydrogen-bond donors (Lipinski definition) is 1. The van der Waals surface area contributed by atoms with E-state index in [1.54, 1.807) is 6.26 Å². The molecule has 26 heavy (non-hydrogen) atoms. The summed E-state index contributed by atoms with van der Waals surface area (Å²) in [6.45, 7) is 1.70. The van der Waals surface area contributed by atoms with Gasteiger partial charge in [0, 0.05) is 34.5 Å². The molecule has 4 rings (SSSR count). The smallest absolute Gasteiger partial charge is 0.292 e. The lowest BCUT2D eigenvalue weighted by molar-refractivity contribution is 0.0937. The lowest BCUT2D eigenvalue weighted by Gasteiger charge is -2.21. The Balaban J connectivity index is 1.43. The Kier molecular flexibility index (Phi) is 4.86. The second-order valence-electron chi connectivity index (χ2n) is 6.93. The molecule has 2 aromatic rings. The summed E-state index contributed by atoms with van der Waals surface area (Å²) in [5.74, 6) is 0.374. The SMILES string of the molecule is C[S@](=O)c1ccc(CN2CCC[C@@H]2c2nc(C(=O)NC3CC3)no2)cc1. The van der Waals surface area contributed by atoms with Crippen LogP contribution in [0.15, 0.2) is 33.7 Å². The largest absolute Gasteiger partial charge is 0.346 e. The third-order valence-electron chi connectivity index (χ3n) is 4.85. The average molecular weight is 374 g/mol. The zero-order chi connectivity index (χ0) is 18.1. The molecule has 0 spiro atoms. The number of amides is 1. The topological polar surface area (TPSA) is 88.3 Å². The van der Waals surface area contributed by atoms with Crippen LogP contribution in [0.2, 0.25) is 0 Å². The second-order valence-corrected chi connectivity index (χ2v) is 8.31. The molecule has 1 N–H and O–H groups in total. The number of carbonyl (C=O) groups excluding carboxylic acids is 1. The number of carbonyl (C=O) groups is 1. The summed E-state index contributed by atoms with van der Waals surface area (Å²) >= 11 is 0. The van der Waals surface area contributed by atoms with Crippen molar-refractivity contribution in [2.45, 2.75) is 49.2 Å². The highest BCUT2D eigenvalue weighted by molar-refractivity contribution is 7.84. The lowest BCUT2D eigenvalue weighted by Crippen LogP contribution is -2.27. The fourth-order valence-electron chi connectivity index (χ4n) is 3.26. The normalized spacial score (nSPS) is 21.7. The van der Waals surface area contributed by atoms with Gasteiger partial charge in [0.15, 0.2) is 0 Å². The van der Waals surface area contributed by atoms with E-state index >= 15 is 0 Å². The van der Waals surface area contributed by atoms with Crippen LogP contribution in [0.5, 0.6) is 0 Å². The minimum Gasteiger partial charge on any atom is -0.346 e. The van der Waals surface area contributed by atoms with E-state index in [1.165, 1.54) is 0 Å². The number of aromatic nitrogens is 2. The minimum absolute atomic E-state index is 0.0324. The molecule has 2 fully saturated rings. The third kappa shape index (κ3) is 3.86. The molecule has 7 nitrogen and oxygen atoms in total. The predicted molar refractivity (Wildman–Crippen MR) is 95.9 cm³/mol. The lowest BCUT2D eigenvalue weighted by atomic mass is 10.2. The molecule has 1 aromatic heterocycles. The quantitative estimate of drug-likeness (QED) is 0.832. The van der Waals surface area contributed by atoms with Crippen LogP contribution < -0.4 is 5.32 Å². The first-order valence-corrected chi connectivity index (χ1v) is 10.5. The molecule has 138 valence electrons. The number of likely N-dealkylation sites (tertiary alicyclic amines) is 1. The van der Waals surface area contributed by atoms with Crippen molar-refractivity contribution in [2.75, 3.05) is 12.8 Å². The Bertz CT molecular complexity index is 816. The zero-order valence-electron chi connectivity index (χ0n) is 14.7. The van der Waals surface area contributed by atoms with Crippen LogP contribution in [0, 0.1) is 0 Å². The summed E-state index contributed by atoms with van der Waals surface area (Å²) in [5.41, 5.74) is 1.15. The number of nitrogens with one attached hydrogen (secondary N) is 1. The molecule has 1 saturated carbocycles. The van der Waals surface area contributed by atoms with E-state index in [-0.39, 0.29) is 23.8 Å². The van der Waals surface area contributed by atoms with Crippen LogP contribution in [0.3, 0.4) is 0 Å². The Hall–Kier alpha value is -2.06. The average Bonchev–Trinajstić information content (AvgIpc) is 3.11. The van der Waals surface area contributed by atoms with Crippen molar-refractivity contribution in [3.05, 3.63) is 41.5 Å². The molecule has 2 atom stereocenters. The molecule has 1 amide bonds. The molecular formula is C18H22N4O3S. The van der Waals surface area contributed by atoms with Crippen molar-refractivity contribution in [3.63, 3.8) is 0 Å². The van der Waals surface area contributed by atoms with E-state index in [1.807, 2.05) is 24.3 Å². The highest BCUT2D eigenvalue weighted by Crippen LogP contribution is 2.32. The molecule has 1 aromatic carbocycles. The van der Waals surface area contributed by atoms with Crippen molar-refractivity contribution in [1.29, 1.82) is 0 Å². The number of rotatable bonds is 6. The molecule has 0 unspecified atom stereocenters. The third-order valence-corrected chi connectivity index (χ3v) is 5.78. The highest BCUT2D eigenvalue weighted by Gasteiger charge is 2.32. The fraction of sp³-hybridized carbons (Fsp3) is 0.500. The van der Waals surface area contributed by atoms with Crippen LogP contribution in [0.1, 0.15) is 53.8 Å². The van der Waals surface area contributed by atoms with Crippen LogP contribution in [0.4, 0.5) is 0 Å². The zero-order valence-corrected chi connectivity index (χ0v) is 15.5. The van der Waals surface area contributed by atoms with Gasteiger partial charge in [0.2, 0.25) is 5.89 Å².